The molecule has 1 fully saturated rings. The van der Waals surface area contributed by atoms with Crippen molar-refractivity contribution in [2.24, 2.45) is 5.92 Å². The lowest BCUT2D eigenvalue weighted by molar-refractivity contribution is -0.128. The molecule has 2 atom stereocenters. The molecule has 0 aliphatic heterocycles. The third kappa shape index (κ3) is 11.9. The minimum Gasteiger partial charge on any atom is -0.449 e. The summed E-state index contributed by atoms with van der Waals surface area (Å²) in [5.41, 5.74) is 5.16. The van der Waals surface area contributed by atoms with E-state index in [4.69, 9.17) is 9.47 Å². The molecular formula is C46H54N6O6. The Balaban J connectivity index is 1.30. The van der Waals surface area contributed by atoms with Gasteiger partial charge in [-0.2, -0.15) is 10.5 Å². The molecule has 3 aromatic rings. The van der Waals surface area contributed by atoms with Crippen molar-refractivity contribution >= 4 is 35.3 Å². The van der Waals surface area contributed by atoms with E-state index in [2.05, 4.69) is 33.4 Å². The van der Waals surface area contributed by atoms with Crippen LogP contribution in [0.25, 0.3) is 16.7 Å². The highest BCUT2D eigenvalue weighted by molar-refractivity contribution is 5.98. The molecule has 5 rings (SSSR count). The second-order valence-electron chi connectivity index (χ2n) is 16.0. The Morgan fingerprint density at radius 3 is 2.09 bits per heavy atom. The number of hydrogen-bond donors (Lipinski definition) is 4. The second-order valence-corrected chi connectivity index (χ2v) is 16.0. The van der Waals surface area contributed by atoms with E-state index in [-0.39, 0.29) is 30.4 Å². The Bertz CT molecular complexity index is 2010. The average molecular weight is 787 g/mol. The molecule has 0 heterocycles. The molecule has 58 heavy (non-hydrogen) atoms. The van der Waals surface area contributed by atoms with Crippen molar-refractivity contribution in [3.8, 4) is 23.3 Å². The molecule has 2 aliphatic carbocycles. The molecule has 12 nitrogen and oxygen atoms in total. The van der Waals surface area contributed by atoms with Crippen molar-refractivity contribution < 1.29 is 28.7 Å². The maximum atomic E-state index is 14.2. The fourth-order valence-electron chi connectivity index (χ4n) is 7.69. The number of fused-ring (bicyclic) bond motifs is 3. The van der Waals surface area contributed by atoms with Crippen molar-refractivity contribution in [2.75, 3.05) is 18.5 Å². The first kappa shape index (κ1) is 43.0. The van der Waals surface area contributed by atoms with E-state index < -0.39 is 41.7 Å². The number of unbranched alkanes of at least 4 members (excludes halogenated alkanes) is 1. The number of alkyl carbamates (subject to hydrolysis) is 2. The van der Waals surface area contributed by atoms with Gasteiger partial charge in [0.25, 0.3) is 0 Å². The van der Waals surface area contributed by atoms with Gasteiger partial charge in [-0.05, 0) is 105 Å². The molecule has 2 aliphatic rings. The van der Waals surface area contributed by atoms with Gasteiger partial charge in [-0.3, -0.25) is 9.59 Å². The summed E-state index contributed by atoms with van der Waals surface area (Å²) in [6.45, 7) is 7.40. The highest BCUT2D eigenvalue weighted by Gasteiger charge is 2.32. The van der Waals surface area contributed by atoms with Crippen LogP contribution in [-0.2, 0) is 19.1 Å². The standard InChI is InChI=1S/C46H54N6O6/c1-30(33(27-47)28-48)32-17-14-18-34(26-32)50-42(53)40(23-12-13-24-49-44(55)58-46(2,3)4)51-43(54)41(25-31-15-6-5-7-16-31)52-45(56)57-29-39-37-21-10-8-19-35(37)36-20-9-11-22-38(36)39/h8-11,14,17-22,26,31,39-41H,5-7,12-13,15-16,23-25,29H2,1-4H3,(H,49,55)(H,50,53)(H,51,54)(H,52,56)/t40-,41-/m0/s1. The molecule has 0 bridgehead atoms. The van der Waals surface area contributed by atoms with Gasteiger partial charge in [0, 0.05) is 18.2 Å². The number of nitriles is 2. The number of hydrogen-bond acceptors (Lipinski definition) is 8. The number of carbonyl (C=O) groups is 4. The second kappa shape index (κ2) is 20.3. The van der Waals surface area contributed by atoms with Crippen LogP contribution in [0.2, 0.25) is 0 Å². The van der Waals surface area contributed by atoms with Crippen LogP contribution in [-0.4, -0.2) is 54.8 Å². The third-order valence-electron chi connectivity index (χ3n) is 10.6. The predicted octanol–water partition coefficient (Wildman–Crippen LogP) is 8.50. The summed E-state index contributed by atoms with van der Waals surface area (Å²) in [7, 11) is 0. The van der Waals surface area contributed by atoms with Crippen LogP contribution < -0.4 is 21.3 Å². The smallest absolute Gasteiger partial charge is 0.407 e. The molecule has 3 aromatic carbocycles. The predicted molar refractivity (Wildman–Crippen MR) is 222 cm³/mol. The number of nitrogens with one attached hydrogen (secondary N) is 4. The van der Waals surface area contributed by atoms with E-state index in [0.29, 0.717) is 42.6 Å². The first-order valence-corrected chi connectivity index (χ1v) is 20.2. The van der Waals surface area contributed by atoms with E-state index in [9.17, 15) is 29.7 Å². The molecule has 0 radical (unpaired) electrons. The number of amides is 4. The zero-order valence-corrected chi connectivity index (χ0v) is 33.9. The summed E-state index contributed by atoms with van der Waals surface area (Å²) in [5, 5.41) is 30.2. The van der Waals surface area contributed by atoms with E-state index in [1.807, 2.05) is 48.5 Å². The topological polar surface area (TPSA) is 182 Å². The van der Waals surface area contributed by atoms with Gasteiger partial charge in [-0.1, -0.05) is 92.8 Å². The summed E-state index contributed by atoms with van der Waals surface area (Å²) >= 11 is 0. The highest BCUT2D eigenvalue weighted by atomic mass is 16.6. The lowest BCUT2D eigenvalue weighted by Gasteiger charge is -2.28. The van der Waals surface area contributed by atoms with Crippen LogP contribution in [0.1, 0.15) is 108 Å². The number of anilines is 1. The number of nitrogens with zero attached hydrogens (tertiary/aromatic N) is 2. The molecule has 12 heteroatoms. The van der Waals surface area contributed by atoms with Crippen molar-refractivity contribution in [3.05, 3.63) is 95.1 Å². The Labute approximate surface area is 341 Å². The van der Waals surface area contributed by atoms with Crippen LogP contribution in [0, 0.1) is 28.6 Å². The molecular weight excluding hydrogens is 733 g/mol. The van der Waals surface area contributed by atoms with Gasteiger partial charge >= 0.3 is 12.2 Å². The first-order chi connectivity index (χ1) is 27.9. The molecule has 0 unspecified atom stereocenters. The van der Waals surface area contributed by atoms with Crippen LogP contribution in [0.3, 0.4) is 0 Å². The van der Waals surface area contributed by atoms with Crippen LogP contribution in [0.5, 0.6) is 0 Å². The quantitative estimate of drug-likeness (QED) is 0.0873. The highest BCUT2D eigenvalue weighted by Crippen LogP contribution is 2.44. The summed E-state index contributed by atoms with van der Waals surface area (Å²) in [5.74, 6) is -0.905. The maximum absolute atomic E-state index is 14.2. The van der Waals surface area contributed by atoms with E-state index in [1.165, 1.54) is 0 Å². The molecule has 0 saturated heterocycles. The Morgan fingerprint density at radius 1 is 0.793 bits per heavy atom. The third-order valence-corrected chi connectivity index (χ3v) is 10.6. The van der Waals surface area contributed by atoms with E-state index in [1.54, 1.807) is 52.0 Å². The molecule has 1 saturated carbocycles. The summed E-state index contributed by atoms with van der Waals surface area (Å²) in [6, 6.07) is 24.8. The maximum Gasteiger partial charge on any atom is 0.407 e. The van der Waals surface area contributed by atoms with Crippen molar-refractivity contribution in [2.45, 2.75) is 109 Å². The van der Waals surface area contributed by atoms with Gasteiger partial charge in [0.05, 0.1) is 0 Å². The van der Waals surface area contributed by atoms with Gasteiger partial charge in [0.15, 0.2) is 0 Å². The molecule has 304 valence electrons. The number of ether oxygens (including phenoxy) is 2. The van der Waals surface area contributed by atoms with Gasteiger partial charge in [-0.15, -0.1) is 0 Å². The zero-order valence-electron chi connectivity index (χ0n) is 33.9. The van der Waals surface area contributed by atoms with Crippen LogP contribution in [0.15, 0.2) is 78.4 Å². The number of carbonyl (C=O) groups excluding carboxylic acids is 4. The normalized spacial score (nSPS) is 14.6. The summed E-state index contributed by atoms with van der Waals surface area (Å²) in [6.07, 6.45) is 5.46. The lowest BCUT2D eigenvalue weighted by atomic mass is 9.84. The fourth-order valence-corrected chi connectivity index (χ4v) is 7.69. The van der Waals surface area contributed by atoms with Gasteiger partial charge in [0.2, 0.25) is 11.8 Å². The Hall–Kier alpha value is -6.14. The zero-order chi connectivity index (χ0) is 41.7. The average Bonchev–Trinajstić information content (AvgIpc) is 3.52. The van der Waals surface area contributed by atoms with Crippen molar-refractivity contribution in [1.82, 2.24) is 16.0 Å². The van der Waals surface area contributed by atoms with Crippen LogP contribution >= 0.6 is 0 Å². The Kier molecular flexibility index (Phi) is 15.1. The van der Waals surface area contributed by atoms with Crippen LogP contribution in [0.4, 0.5) is 15.3 Å². The van der Waals surface area contributed by atoms with Crippen molar-refractivity contribution in [1.29, 1.82) is 10.5 Å². The molecule has 4 N–H and O–H groups in total. The summed E-state index contributed by atoms with van der Waals surface area (Å²) < 4.78 is 11.2. The lowest BCUT2D eigenvalue weighted by Crippen LogP contribution is -2.53. The SMILES string of the molecule is CC(=C(C#N)C#N)c1cccc(NC(=O)[C@H](CCCCNC(=O)OC(C)(C)C)NC(=O)[C@H](CC2CCCCC2)NC(=O)OCC2c3ccccc3-c3ccccc32)c1. The monoisotopic (exact) mass is 786 g/mol. The molecule has 0 spiro atoms. The van der Waals surface area contributed by atoms with E-state index >= 15 is 0 Å². The summed E-state index contributed by atoms with van der Waals surface area (Å²) in [4.78, 5) is 53.9. The fraction of sp³-hybridized carbons (Fsp3) is 0.435. The van der Waals surface area contributed by atoms with Gasteiger partial charge in [0.1, 0.15) is 42.0 Å². The molecule has 0 aromatic heterocycles. The van der Waals surface area contributed by atoms with Crippen molar-refractivity contribution in [3.63, 3.8) is 0 Å². The molecule has 4 amide bonds. The minimum atomic E-state index is -0.999. The number of allylic oxidation sites excluding steroid dienone is 2. The van der Waals surface area contributed by atoms with Gasteiger partial charge < -0.3 is 30.7 Å². The first-order valence-electron chi connectivity index (χ1n) is 20.2. The Morgan fingerprint density at radius 2 is 1.45 bits per heavy atom. The number of benzene rings is 3. The number of rotatable bonds is 15. The van der Waals surface area contributed by atoms with Gasteiger partial charge in [-0.25, -0.2) is 9.59 Å². The minimum absolute atomic E-state index is 0.0403. The largest absolute Gasteiger partial charge is 0.449 e. The van der Waals surface area contributed by atoms with E-state index in [0.717, 1.165) is 54.4 Å².